The van der Waals surface area contributed by atoms with Crippen LogP contribution in [0.15, 0.2) is 42.5 Å². The van der Waals surface area contributed by atoms with Crippen LogP contribution in [0.25, 0.3) is 0 Å². The van der Waals surface area contributed by atoms with E-state index in [0.717, 1.165) is 0 Å². The Labute approximate surface area is 168 Å². The fourth-order valence-electron chi connectivity index (χ4n) is 2.43. The first-order valence-electron chi connectivity index (χ1n) is 8.77. The summed E-state index contributed by atoms with van der Waals surface area (Å²) in [6.07, 6.45) is 0. The van der Waals surface area contributed by atoms with Gasteiger partial charge in [0.1, 0.15) is 5.75 Å². The smallest absolute Gasteiger partial charge is 0.311 e. The summed E-state index contributed by atoms with van der Waals surface area (Å²) in [4.78, 5) is 35.1. The molecule has 0 bridgehead atoms. The van der Waals surface area contributed by atoms with Crippen LogP contribution in [0.4, 0.5) is 11.4 Å². The Bertz CT molecular complexity index is 921. The summed E-state index contributed by atoms with van der Waals surface area (Å²) in [7, 11) is 1.30. The minimum atomic E-state index is -0.575. The van der Waals surface area contributed by atoms with Gasteiger partial charge in [0, 0.05) is 17.7 Å². The van der Waals surface area contributed by atoms with Gasteiger partial charge in [0.05, 0.1) is 23.3 Å². The topological polar surface area (TPSA) is 120 Å². The number of amides is 2. The third-order valence-corrected chi connectivity index (χ3v) is 3.65. The fourth-order valence-corrected chi connectivity index (χ4v) is 2.43. The van der Waals surface area contributed by atoms with Crippen LogP contribution in [0.2, 0.25) is 0 Å². The third-order valence-electron chi connectivity index (χ3n) is 3.65. The summed E-state index contributed by atoms with van der Waals surface area (Å²) in [5.74, 6) is -0.536. The molecular weight excluding hydrogens is 378 g/mol. The Morgan fingerprint density at radius 3 is 2.45 bits per heavy atom. The van der Waals surface area contributed by atoms with Crippen LogP contribution >= 0.6 is 0 Å². The lowest BCUT2D eigenvalue weighted by atomic mass is 10.1. The first kappa shape index (κ1) is 21.7. The lowest BCUT2D eigenvalue weighted by molar-refractivity contribution is -0.385. The maximum Gasteiger partial charge on any atom is 0.311 e. The van der Waals surface area contributed by atoms with Gasteiger partial charge in [0.2, 0.25) is 5.75 Å². The molecule has 0 saturated carbocycles. The minimum absolute atomic E-state index is 0.0251. The van der Waals surface area contributed by atoms with Crippen molar-refractivity contribution in [2.75, 3.05) is 19.0 Å². The average molecular weight is 401 g/mol. The monoisotopic (exact) mass is 401 g/mol. The van der Waals surface area contributed by atoms with E-state index < -0.39 is 16.4 Å². The van der Waals surface area contributed by atoms with E-state index in [-0.39, 0.29) is 29.7 Å². The minimum Gasteiger partial charge on any atom is -0.490 e. The number of para-hydroxylation sites is 1. The van der Waals surface area contributed by atoms with Gasteiger partial charge in [-0.15, -0.1) is 0 Å². The summed E-state index contributed by atoms with van der Waals surface area (Å²) >= 11 is 0. The van der Waals surface area contributed by atoms with Crippen molar-refractivity contribution in [3.8, 4) is 11.5 Å². The van der Waals surface area contributed by atoms with Crippen LogP contribution in [0, 0.1) is 10.1 Å². The largest absolute Gasteiger partial charge is 0.490 e. The van der Waals surface area contributed by atoms with Crippen LogP contribution < -0.4 is 20.1 Å². The molecule has 2 rings (SSSR count). The number of rotatable bonds is 7. The van der Waals surface area contributed by atoms with Crippen molar-refractivity contribution in [2.45, 2.75) is 26.3 Å². The van der Waals surface area contributed by atoms with Gasteiger partial charge in [-0.3, -0.25) is 19.7 Å². The zero-order chi connectivity index (χ0) is 21.6. The Morgan fingerprint density at radius 2 is 1.83 bits per heavy atom. The summed E-state index contributed by atoms with van der Waals surface area (Å²) in [5, 5.41) is 16.4. The van der Waals surface area contributed by atoms with E-state index in [1.807, 2.05) is 20.8 Å². The highest BCUT2D eigenvalue weighted by Crippen LogP contribution is 2.30. The Balaban J connectivity index is 2.05. The van der Waals surface area contributed by atoms with Crippen LogP contribution in [0.3, 0.4) is 0 Å². The molecule has 2 N–H and O–H groups in total. The van der Waals surface area contributed by atoms with Crippen LogP contribution in [-0.4, -0.2) is 36.0 Å². The van der Waals surface area contributed by atoms with Crippen LogP contribution in [0.5, 0.6) is 11.5 Å². The second-order valence-corrected chi connectivity index (χ2v) is 7.18. The Morgan fingerprint density at radius 1 is 1.14 bits per heavy atom. The van der Waals surface area contributed by atoms with Crippen molar-refractivity contribution in [3.05, 3.63) is 58.1 Å². The van der Waals surface area contributed by atoms with Crippen molar-refractivity contribution in [2.24, 2.45) is 0 Å². The van der Waals surface area contributed by atoms with E-state index in [1.54, 1.807) is 24.3 Å². The van der Waals surface area contributed by atoms with Gasteiger partial charge >= 0.3 is 5.69 Å². The molecule has 0 unspecified atom stereocenters. The summed E-state index contributed by atoms with van der Waals surface area (Å²) in [6.45, 7) is 5.23. The zero-order valence-electron chi connectivity index (χ0n) is 16.6. The summed E-state index contributed by atoms with van der Waals surface area (Å²) in [6, 6.07) is 10.6. The quantitative estimate of drug-likeness (QED) is 0.543. The molecule has 9 heteroatoms. The molecule has 0 atom stereocenters. The normalized spacial score (nSPS) is 10.8. The van der Waals surface area contributed by atoms with E-state index >= 15 is 0 Å². The molecule has 9 nitrogen and oxygen atoms in total. The van der Waals surface area contributed by atoms with Gasteiger partial charge in [-0.1, -0.05) is 12.1 Å². The number of hydrogen-bond donors (Lipinski definition) is 2. The standard InChI is InChI=1S/C20H23N3O6/c1-20(2,3)22-19(25)14-7-5-6-8-15(14)21-18(24)12-29-13-9-10-16(23(26)27)17(11-13)28-4/h5-11H,12H2,1-4H3,(H,21,24)(H,22,25). The highest BCUT2D eigenvalue weighted by atomic mass is 16.6. The SMILES string of the molecule is COc1cc(OCC(=O)Nc2ccccc2C(=O)NC(C)(C)C)ccc1[N+](=O)[O-]. The molecule has 2 aromatic rings. The second-order valence-electron chi connectivity index (χ2n) is 7.18. The Hall–Kier alpha value is -3.62. The van der Waals surface area contributed by atoms with Crippen molar-refractivity contribution < 1.29 is 24.0 Å². The van der Waals surface area contributed by atoms with E-state index in [0.29, 0.717) is 11.3 Å². The molecular formula is C20H23N3O6. The van der Waals surface area contributed by atoms with Gasteiger partial charge in [-0.2, -0.15) is 0 Å². The molecule has 0 aliphatic rings. The van der Waals surface area contributed by atoms with Crippen molar-refractivity contribution in [1.29, 1.82) is 0 Å². The van der Waals surface area contributed by atoms with Gasteiger partial charge in [0.25, 0.3) is 11.8 Å². The van der Waals surface area contributed by atoms with Crippen molar-refractivity contribution in [1.82, 2.24) is 5.32 Å². The predicted octanol–water partition coefficient (Wildman–Crippen LogP) is 3.15. The number of anilines is 1. The first-order chi connectivity index (χ1) is 13.6. The molecule has 2 aromatic carbocycles. The van der Waals surface area contributed by atoms with E-state index in [4.69, 9.17) is 9.47 Å². The lowest BCUT2D eigenvalue weighted by Gasteiger charge is -2.21. The lowest BCUT2D eigenvalue weighted by Crippen LogP contribution is -2.41. The number of carbonyl (C=O) groups excluding carboxylic acids is 2. The van der Waals surface area contributed by atoms with Gasteiger partial charge in [-0.05, 0) is 39.0 Å². The Kier molecular flexibility index (Phi) is 6.76. The van der Waals surface area contributed by atoms with Gasteiger partial charge < -0.3 is 20.1 Å². The van der Waals surface area contributed by atoms with Crippen molar-refractivity contribution in [3.63, 3.8) is 0 Å². The number of hydrogen-bond acceptors (Lipinski definition) is 6. The number of benzene rings is 2. The first-order valence-corrected chi connectivity index (χ1v) is 8.77. The molecule has 0 heterocycles. The second kappa shape index (κ2) is 9.05. The number of ether oxygens (including phenoxy) is 2. The van der Waals surface area contributed by atoms with Gasteiger partial charge in [0.15, 0.2) is 6.61 Å². The number of nitrogens with one attached hydrogen (secondary N) is 2. The van der Waals surface area contributed by atoms with E-state index in [1.165, 1.54) is 25.3 Å². The molecule has 0 spiro atoms. The molecule has 0 fully saturated rings. The summed E-state index contributed by atoms with van der Waals surface area (Å²) < 4.78 is 10.3. The number of methoxy groups -OCH3 is 1. The molecule has 29 heavy (non-hydrogen) atoms. The maximum atomic E-state index is 12.4. The van der Waals surface area contributed by atoms with E-state index in [2.05, 4.69) is 10.6 Å². The zero-order valence-corrected chi connectivity index (χ0v) is 16.6. The fraction of sp³-hybridized carbons (Fsp3) is 0.300. The third kappa shape index (κ3) is 6.20. The molecule has 0 aliphatic carbocycles. The summed E-state index contributed by atoms with van der Waals surface area (Å²) in [5.41, 5.74) is 0.0479. The highest BCUT2D eigenvalue weighted by molar-refractivity contribution is 6.04. The molecule has 154 valence electrons. The van der Waals surface area contributed by atoms with E-state index in [9.17, 15) is 19.7 Å². The number of carbonyl (C=O) groups is 2. The molecule has 2 amide bonds. The van der Waals surface area contributed by atoms with Crippen LogP contribution in [-0.2, 0) is 4.79 Å². The maximum absolute atomic E-state index is 12.4. The predicted molar refractivity (Wildman–Crippen MR) is 107 cm³/mol. The molecule has 0 aromatic heterocycles. The number of nitro groups is 1. The molecule has 0 saturated heterocycles. The molecule has 0 radical (unpaired) electrons. The van der Waals surface area contributed by atoms with Crippen molar-refractivity contribution >= 4 is 23.2 Å². The number of nitro benzene ring substituents is 1. The highest BCUT2D eigenvalue weighted by Gasteiger charge is 2.19. The van der Waals surface area contributed by atoms with Gasteiger partial charge in [-0.25, -0.2) is 0 Å². The van der Waals surface area contributed by atoms with Crippen LogP contribution in [0.1, 0.15) is 31.1 Å². The molecule has 0 aliphatic heterocycles. The average Bonchev–Trinajstić information content (AvgIpc) is 2.65. The number of nitrogens with zero attached hydrogens (tertiary/aromatic N) is 1.